The standard InChI is InChI=1S/C19H28N2O2S2/c1-18(2,3)13-9-11(10-14(15(13)22)19(4,5)6)8-12(16(23)21-20)17(24)25-7/h8-10,22H,20H2,1-7H3,(H,21,23)/b12-8+. The Morgan fingerprint density at radius 3 is 1.92 bits per heavy atom. The first-order chi connectivity index (χ1) is 11.3. The van der Waals surface area contributed by atoms with Gasteiger partial charge in [-0.15, -0.1) is 11.8 Å². The number of nitrogens with one attached hydrogen (secondary N) is 1. The molecule has 4 N–H and O–H groups in total. The van der Waals surface area contributed by atoms with Gasteiger partial charge < -0.3 is 5.11 Å². The summed E-state index contributed by atoms with van der Waals surface area (Å²) in [5, 5.41) is 10.8. The first-order valence-corrected chi connectivity index (χ1v) is 9.65. The lowest BCUT2D eigenvalue weighted by atomic mass is 9.78. The number of rotatable bonds is 3. The molecule has 0 bridgehead atoms. The van der Waals surface area contributed by atoms with E-state index in [0.717, 1.165) is 16.7 Å². The number of thioether (sulfide) groups is 1. The van der Waals surface area contributed by atoms with Crippen LogP contribution in [0.4, 0.5) is 0 Å². The summed E-state index contributed by atoms with van der Waals surface area (Å²) in [6.45, 7) is 12.3. The fraction of sp³-hybridized carbons (Fsp3) is 0.474. The highest BCUT2D eigenvalue weighted by molar-refractivity contribution is 8.23. The largest absolute Gasteiger partial charge is 0.507 e. The van der Waals surface area contributed by atoms with Crippen molar-refractivity contribution in [3.63, 3.8) is 0 Å². The van der Waals surface area contributed by atoms with Crippen molar-refractivity contribution in [2.75, 3.05) is 6.26 Å². The first kappa shape index (κ1) is 21.7. The SMILES string of the molecule is CSC(=S)/C(=C/c1cc(C(C)(C)C)c(O)c(C(C)(C)C)c1)C(=O)NN. The molecule has 1 amide bonds. The fourth-order valence-corrected chi connectivity index (χ4v) is 2.98. The topological polar surface area (TPSA) is 75.3 Å². The highest BCUT2D eigenvalue weighted by Gasteiger charge is 2.26. The van der Waals surface area contributed by atoms with Gasteiger partial charge in [0.15, 0.2) is 0 Å². The van der Waals surface area contributed by atoms with E-state index in [0.29, 0.717) is 15.5 Å². The summed E-state index contributed by atoms with van der Waals surface area (Å²) >= 11 is 6.60. The number of amides is 1. The van der Waals surface area contributed by atoms with Crippen LogP contribution in [-0.4, -0.2) is 21.5 Å². The van der Waals surface area contributed by atoms with Crippen LogP contribution in [0.2, 0.25) is 0 Å². The Morgan fingerprint density at radius 1 is 1.16 bits per heavy atom. The van der Waals surface area contributed by atoms with E-state index in [4.69, 9.17) is 18.1 Å². The number of hydrogen-bond donors (Lipinski definition) is 3. The van der Waals surface area contributed by atoms with Crippen LogP contribution in [0.3, 0.4) is 0 Å². The summed E-state index contributed by atoms with van der Waals surface area (Å²) in [4.78, 5) is 12.1. The summed E-state index contributed by atoms with van der Waals surface area (Å²) in [5.41, 5.74) is 4.46. The van der Waals surface area contributed by atoms with E-state index in [1.54, 1.807) is 6.08 Å². The summed E-state index contributed by atoms with van der Waals surface area (Å²) in [5.74, 6) is 5.16. The number of benzene rings is 1. The van der Waals surface area contributed by atoms with Crippen LogP contribution in [-0.2, 0) is 15.6 Å². The van der Waals surface area contributed by atoms with Crippen LogP contribution in [0.1, 0.15) is 58.2 Å². The van der Waals surface area contributed by atoms with Crippen LogP contribution in [0.25, 0.3) is 6.08 Å². The number of carbonyl (C=O) groups is 1. The Morgan fingerprint density at radius 2 is 1.60 bits per heavy atom. The number of hydrogen-bond acceptors (Lipinski definition) is 5. The molecule has 0 fully saturated rings. The predicted molar refractivity (Wildman–Crippen MR) is 112 cm³/mol. The maximum atomic E-state index is 12.1. The van der Waals surface area contributed by atoms with Crippen molar-refractivity contribution in [3.05, 3.63) is 34.4 Å². The smallest absolute Gasteiger partial charge is 0.267 e. The summed E-state index contributed by atoms with van der Waals surface area (Å²) < 4.78 is 0.464. The molecule has 0 saturated carbocycles. The van der Waals surface area contributed by atoms with E-state index in [9.17, 15) is 9.90 Å². The Hall–Kier alpha value is -1.37. The van der Waals surface area contributed by atoms with E-state index in [-0.39, 0.29) is 10.8 Å². The van der Waals surface area contributed by atoms with E-state index >= 15 is 0 Å². The molecule has 1 rings (SSSR count). The quantitative estimate of drug-likeness (QED) is 0.242. The molecule has 6 heteroatoms. The van der Waals surface area contributed by atoms with Gasteiger partial charge in [-0.05, 0) is 40.9 Å². The predicted octanol–water partition coefficient (Wildman–Crippen LogP) is 4.05. The summed E-state index contributed by atoms with van der Waals surface area (Å²) in [6, 6.07) is 3.80. The lowest BCUT2D eigenvalue weighted by molar-refractivity contribution is -0.116. The molecule has 0 radical (unpaired) electrons. The maximum absolute atomic E-state index is 12.1. The molecule has 0 atom stereocenters. The van der Waals surface area contributed by atoms with Gasteiger partial charge in [0.2, 0.25) is 0 Å². The molecule has 0 spiro atoms. The Balaban J connectivity index is 3.72. The van der Waals surface area contributed by atoms with E-state index in [1.165, 1.54) is 11.8 Å². The zero-order valence-electron chi connectivity index (χ0n) is 16.0. The summed E-state index contributed by atoms with van der Waals surface area (Å²) in [6.07, 6.45) is 3.54. The summed E-state index contributed by atoms with van der Waals surface area (Å²) in [7, 11) is 0. The van der Waals surface area contributed by atoms with E-state index in [2.05, 4.69) is 5.43 Å². The average Bonchev–Trinajstić information content (AvgIpc) is 2.49. The molecule has 0 unspecified atom stereocenters. The van der Waals surface area contributed by atoms with Gasteiger partial charge in [0.1, 0.15) is 5.75 Å². The number of phenolic OH excluding ortho intramolecular Hbond substituents is 1. The Labute approximate surface area is 160 Å². The minimum atomic E-state index is -0.429. The number of aromatic hydroxyl groups is 1. The second-order valence-electron chi connectivity index (χ2n) is 7.99. The van der Waals surface area contributed by atoms with Crippen molar-refractivity contribution in [3.8, 4) is 5.75 Å². The van der Waals surface area contributed by atoms with Gasteiger partial charge in [-0.1, -0.05) is 53.8 Å². The second kappa shape index (κ2) is 7.89. The minimum Gasteiger partial charge on any atom is -0.507 e. The van der Waals surface area contributed by atoms with Gasteiger partial charge in [0.05, 0.1) is 9.77 Å². The number of hydrazine groups is 1. The van der Waals surface area contributed by atoms with Crippen LogP contribution in [0, 0.1) is 0 Å². The highest BCUT2D eigenvalue weighted by Crippen LogP contribution is 2.40. The molecule has 0 aromatic heterocycles. The average molecular weight is 381 g/mol. The molecule has 0 aliphatic carbocycles. The lowest BCUT2D eigenvalue weighted by Crippen LogP contribution is -2.33. The van der Waals surface area contributed by atoms with Gasteiger partial charge in [0.25, 0.3) is 5.91 Å². The van der Waals surface area contributed by atoms with Gasteiger partial charge in [-0.3, -0.25) is 10.2 Å². The van der Waals surface area contributed by atoms with Gasteiger partial charge in [-0.2, -0.15) is 0 Å². The van der Waals surface area contributed by atoms with Gasteiger partial charge >= 0.3 is 0 Å². The second-order valence-corrected chi connectivity index (χ2v) is 9.47. The van der Waals surface area contributed by atoms with Crippen LogP contribution < -0.4 is 11.3 Å². The highest BCUT2D eigenvalue weighted by atomic mass is 32.2. The maximum Gasteiger partial charge on any atom is 0.267 e. The Bertz CT molecular complexity index is 658. The molecule has 4 nitrogen and oxygen atoms in total. The van der Waals surface area contributed by atoms with Crippen molar-refractivity contribution in [2.45, 2.75) is 52.4 Å². The molecule has 1 aromatic carbocycles. The Kier molecular flexibility index (Phi) is 6.84. The molecule has 0 saturated heterocycles. The van der Waals surface area contributed by atoms with E-state index < -0.39 is 5.91 Å². The third-order valence-electron chi connectivity index (χ3n) is 3.84. The molecular formula is C19H28N2O2S2. The zero-order chi connectivity index (χ0) is 19.6. The first-order valence-electron chi connectivity index (χ1n) is 8.01. The van der Waals surface area contributed by atoms with Crippen molar-refractivity contribution in [1.29, 1.82) is 0 Å². The van der Waals surface area contributed by atoms with Crippen LogP contribution in [0.15, 0.2) is 17.7 Å². The number of phenols is 1. The van der Waals surface area contributed by atoms with Crippen LogP contribution >= 0.6 is 24.0 Å². The zero-order valence-corrected chi connectivity index (χ0v) is 17.6. The third kappa shape index (κ3) is 5.30. The number of nitrogens with two attached hydrogens (primary N) is 1. The monoisotopic (exact) mass is 380 g/mol. The van der Waals surface area contributed by atoms with Crippen molar-refractivity contribution >= 4 is 40.2 Å². The molecule has 1 aromatic rings. The van der Waals surface area contributed by atoms with Crippen molar-refractivity contribution < 1.29 is 9.90 Å². The molecule has 0 aliphatic rings. The lowest BCUT2D eigenvalue weighted by Gasteiger charge is -2.28. The molecular weight excluding hydrogens is 352 g/mol. The van der Waals surface area contributed by atoms with Gasteiger partial charge in [0, 0.05) is 11.1 Å². The van der Waals surface area contributed by atoms with E-state index in [1.807, 2.05) is 59.9 Å². The number of thiocarbonyl (C=S) groups is 1. The number of carbonyl (C=O) groups excluding carboxylic acids is 1. The van der Waals surface area contributed by atoms with Gasteiger partial charge in [-0.25, -0.2) is 5.84 Å². The normalized spacial score (nSPS) is 12.9. The molecule has 25 heavy (non-hydrogen) atoms. The van der Waals surface area contributed by atoms with Crippen molar-refractivity contribution in [1.82, 2.24) is 5.43 Å². The fourth-order valence-electron chi connectivity index (χ4n) is 2.46. The minimum absolute atomic E-state index is 0.246. The van der Waals surface area contributed by atoms with Crippen LogP contribution in [0.5, 0.6) is 5.75 Å². The van der Waals surface area contributed by atoms with Crippen molar-refractivity contribution in [2.24, 2.45) is 5.84 Å². The molecule has 0 aliphatic heterocycles. The molecule has 0 heterocycles. The third-order valence-corrected chi connectivity index (χ3v) is 5.15. The molecule has 138 valence electrons.